The van der Waals surface area contributed by atoms with Crippen molar-refractivity contribution in [3.8, 4) is 5.75 Å². The summed E-state index contributed by atoms with van der Waals surface area (Å²) < 4.78 is 13.1. The van der Waals surface area contributed by atoms with Crippen LogP contribution in [0.15, 0.2) is 42.5 Å². The average Bonchev–Trinajstić information content (AvgIpc) is 2.37. The van der Waals surface area contributed by atoms with Gasteiger partial charge >= 0.3 is 5.69 Å². The van der Waals surface area contributed by atoms with Gasteiger partial charge in [0.15, 0.2) is 0 Å². The predicted octanol–water partition coefficient (Wildman–Crippen LogP) is 3.05. The van der Waals surface area contributed by atoms with Crippen LogP contribution in [0.3, 0.4) is 0 Å². The summed E-state index contributed by atoms with van der Waals surface area (Å²) in [6, 6.07) is 10.2. The summed E-state index contributed by atoms with van der Waals surface area (Å²) in [5.41, 5.74) is 0.685. The second kappa shape index (κ2) is 5.34. The van der Waals surface area contributed by atoms with E-state index in [1.54, 1.807) is 24.3 Å². The Labute approximate surface area is 108 Å². The fraction of sp³-hybridized carbons (Fsp3) is 0.0769. The second-order valence-electron chi connectivity index (χ2n) is 3.95. The molecule has 0 amide bonds. The van der Waals surface area contributed by atoms with Crippen molar-refractivity contribution in [2.45, 2.75) is 6.54 Å². The highest BCUT2D eigenvalue weighted by Crippen LogP contribution is 2.22. The van der Waals surface area contributed by atoms with E-state index in [9.17, 15) is 19.6 Å². The summed E-state index contributed by atoms with van der Waals surface area (Å²) in [7, 11) is 0. The van der Waals surface area contributed by atoms with Gasteiger partial charge in [0.25, 0.3) is 0 Å². The minimum atomic E-state index is -0.868. The van der Waals surface area contributed by atoms with Crippen molar-refractivity contribution in [1.82, 2.24) is 0 Å². The molecule has 2 rings (SSSR count). The van der Waals surface area contributed by atoms with Crippen molar-refractivity contribution >= 4 is 11.4 Å². The van der Waals surface area contributed by atoms with Crippen molar-refractivity contribution in [2.24, 2.45) is 0 Å². The molecule has 0 spiro atoms. The van der Waals surface area contributed by atoms with Crippen LogP contribution in [0.2, 0.25) is 0 Å². The number of anilines is 1. The van der Waals surface area contributed by atoms with Gasteiger partial charge in [-0.1, -0.05) is 12.1 Å². The molecule has 5 nitrogen and oxygen atoms in total. The maximum absolute atomic E-state index is 13.1. The first kappa shape index (κ1) is 12.8. The quantitative estimate of drug-likeness (QED) is 0.656. The molecule has 0 aliphatic rings. The molecule has 0 aromatic heterocycles. The number of nitrogens with one attached hydrogen (secondary N) is 1. The molecule has 0 aliphatic carbocycles. The van der Waals surface area contributed by atoms with Crippen molar-refractivity contribution < 1.29 is 14.4 Å². The topological polar surface area (TPSA) is 75.4 Å². The lowest BCUT2D eigenvalue weighted by Gasteiger charge is -2.07. The van der Waals surface area contributed by atoms with Crippen LogP contribution >= 0.6 is 0 Å². The molecule has 2 aromatic rings. The van der Waals surface area contributed by atoms with Gasteiger partial charge in [-0.05, 0) is 29.8 Å². The summed E-state index contributed by atoms with van der Waals surface area (Å²) in [6.45, 7) is 0.372. The number of hydrogen-bond donors (Lipinski definition) is 2. The Hall–Kier alpha value is -2.63. The molecule has 19 heavy (non-hydrogen) atoms. The number of phenols is 1. The zero-order valence-electron chi connectivity index (χ0n) is 9.84. The maximum atomic E-state index is 13.1. The van der Waals surface area contributed by atoms with E-state index in [2.05, 4.69) is 5.32 Å². The van der Waals surface area contributed by atoms with E-state index < -0.39 is 16.4 Å². The highest BCUT2D eigenvalue weighted by molar-refractivity contribution is 5.52. The number of nitrogens with zero attached hydrogens (tertiary/aromatic N) is 1. The fourth-order valence-electron chi connectivity index (χ4n) is 1.63. The lowest BCUT2D eigenvalue weighted by molar-refractivity contribution is -0.387. The minimum Gasteiger partial charge on any atom is -0.508 e. The largest absolute Gasteiger partial charge is 0.508 e. The molecule has 0 radical (unpaired) electrons. The second-order valence-corrected chi connectivity index (χ2v) is 3.95. The first-order valence-corrected chi connectivity index (χ1v) is 5.52. The third-order valence-corrected chi connectivity index (χ3v) is 2.55. The molecular weight excluding hydrogens is 251 g/mol. The summed E-state index contributed by atoms with van der Waals surface area (Å²) in [5.74, 6) is -0.725. The van der Waals surface area contributed by atoms with E-state index in [-0.39, 0.29) is 5.75 Å². The van der Waals surface area contributed by atoms with E-state index in [1.165, 1.54) is 6.07 Å². The highest BCUT2D eigenvalue weighted by Gasteiger charge is 2.13. The number of benzene rings is 2. The van der Waals surface area contributed by atoms with Gasteiger partial charge in [0, 0.05) is 18.3 Å². The van der Waals surface area contributed by atoms with Gasteiger partial charge < -0.3 is 10.4 Å². The van der Waals surface area contributed by atoms with Crippen molar-refractivity contribution in [3.63, 3.8) is 0 Å². The molecule has 0 saturated carbocycles. The smallest absolute Gasteiger partial charge is 0.306 e. The Bertz CT molecular complexity index is 617. The van der Waals surface area contributed by atoms with Crippen LogP contribution in [0, 0.1) is 15.9 Å². The Morgan fingerprint density at radius 1 is 1.26 bits per heavy atom. The van der Waals surface area contributed by atoms with E-state index in [0.29, 0.717) is 12.2 Å². The van der Waals surface area contributed by atoms with Crippen LogP contribution < -0.4 is 5.32 Å². The predicted molar refractivity (Wildman–Crippen MR) is 68.5 cm³/mol. The van der Waals surface area contributed by atoms with Gasteiger partial charge in [-0.25, -0.2) is 0 Å². The van der Waals surface area contributed by atoms with Crippen molar-refractivity contribution in [2.75, 3.05) is 5.32 Å². The molecule has 2 N–H and O–H groups in total. The molecule has 0 fully saturated rings. The normalized spacial score (nSPS) is 10.2. The van der Waals surface area contributed by atoms with Gasteiger partial charge in [-0.2, -0.15) is 4.39 Å². The Balaban J connectivity index is 2.12. The Morgan fingerprint density at radius 3 is 2.74 bits per heavy atom. The molecule has 0 bridgehead atoms. The first-order valence-electron chi connectivity index (χ1n) is 5.52. The molecule has 98 valence electrons. The molecule has 0 heterocycles. The molecule has 0 unspecified atom stereocenters. The summed E-state index contributed by atoms with van der Waals surface area (Å²) in [5, 5.41) is 22.8. The van der Waals surface area contributed by atoms with Crippen LogP contribution in [0.25, 0.3) is 0 Å². The van der Waals surface area contributed by atoms with Gasteiger partial charge in [-0.15, -0.1) is 0 Å². The average molecular weight is 262 g/mol. The third kappa shape index (κ3) is 3.19. The minimum absolute atomic E-state index is 0.143. The van der Waals surface area contributed by atoms with Crippen LogP contribution in [0.5, 0.6) is 5.75 Å². The van der Waals surface area contributed by atoms with Crippen LogP contribution in [0.4, 0.5) is 15.8 Å². The first-order chi connectivity index (χ1) is 9.06. The number of phenolic OH excluding ortho intramolecular Hbond substituents is 1. The maximum Gasteiger partial charge on any atom is 0.306 e. The zero-order chi connectivity index (χ0) is 13.8. The van der Waals surface area contributed by atoms with E-state index in [0.717, 1.165) is 17.7 Å². The molecular formula is C13H11FN2O3. The van der Waals surface area contributed by atoms with Gasteiger partial charge in [-0.3, -0.25) is 10.1 Å². The van der Waals surface area contributed by atoms with Crippen molar-refractivity contribution in [1.29, 1.82) is 0 Å². The molecule has 6 heteroatoms. The van der Waals surface area contributed by atoms with E-state index >= 15 is 0 Å². The van der Waals surface area contributed by atoms with Gasteiger partial charge in [0.2, 0.25) is 5.82 Å². The van der Waals surface area contributed by atoms with E-state index in [4.69, 9.17) is 0 Å². The third-order valence-electron chi connectivity index (χ3n) is 2.55. The van der Waals surface area contributed by atoms with Crippen LogP contribution in [-0.4, -0.2) is 10.0 Å². The van der Waals surface area contributed by atoms with Crippen molar-refractivity contribution in [3.05, 3.63) is 64.0 Å². The number of halogens is 1. The van der Waals surface area contributed by atoms with Crippen LogP contribution in [-0.2, 0) is 6.54 Å². The fourth-order valence-corrected chi connectivity index (χ4v) is 1.63. The SMILES string of the molecule is O=[N+]([O-])c1cc(NCc2cccc(O)c2)ccc1F. The number of rotatable bonds is 4. The van der Waals surface area contributed by atoms with E-state index in [1.807, 2.05) is 0 Å². The molecule has 0 aliphatic heterocycles. The molecule has 0 atom stereocenters. The summed E-state index contributed by atoms with van der Waals surface area (Å²) >= 11 is 0. The lowest BCUT2D eigenvalue weighted by atomic mass is 10.2. The number of hydrogen-bond acceptors (Lipinski definition) is 4. The van der Waals surface area contributed by atoms with Gasteiger partial charge in [0.1, 0.15) is 5.75 Å². The highest BCUT2D eigenvalue weighted by atomic mass is 19.1. The Kier molecular flexibility index (Phi) is 3.61. The van der Waals surface area contributed by atoms with Gasteiger partial charge in [0.05, 0.1) is 4.92 Å². The monoisotopic (exact) mass is 262 g/mol. The molecule has 0 saturated heterocycles. The lowest BCUT2D eigenvalue weighted by Crippen LogP contribution is -2.01. The number of nitro groups is 1. The summed E-state index contributed by atoms with van der Waals surface area (Å²) in [6.07, 6.45) is 0. The molecule has 2 aromatic carbocycles. The standard InChI is InChI=1S/C13H11FN2O3/c14-12-5-4-10(7-13(12)16(18)19)15-8-9-2-1-3-11(17)6-9/h1-7,15,17H,8H2. The zero-order valence-corrected chi connectivity index (χ0v) is 9.84. The number of nitro benzene ring substituents is 1. The number of aromatic hydroxyl groups is 1. The summed E-state index contributed by atoms with van der Waals surface area (Å²) in [4.78, 5) is 9.83. The van der Waals surface area contributed by atoms with Crippen LogP contribution in [0.1, 0.15) is 5.56 Å². The Morgan fingerprint density at radius 2 is 2.05 bits per heavy atom.